The lowest BCUT2D eigenvalue weighted by Crippen LogP contribution is -2.22. The van der Waals surface area contributed by atoms with E-state index in [1.165, 1.54) is 0 Å². The molecule has 106 valence electrons. The van der Waals surface area contributed by atoms with E-state index in [4.69, 9.17) is 16.7 Å². The number of fused-ring (bicyclic) bond motifs is 1. The van der Waals surface area contributed by atoms with E-state index in [0.717, 1.165) is 18.3 Å². The Kier molecular flexibility index (Phi) is 3.47. The van der Waals surface area contributed by atoms with Gasteiger partial charge in [0, 0.05) is 11.8 Å². The molecule has 0 saturated heterocycles. The molecule has 0 saturated carbocycles. The van der Waals surface area contributed by atoms with Crippen LogP contribution in [0.15, 0.2) is 23.1 Å². The largest absolute Gasteiger partial charge is 0.477 e. The Morgan fingerprint density at radius 2 is 2.05 bits per heavy atom. The van der Waals surface area contributed by atoms with E-state index in [1.807, 2.05) is 0 Å². The summed E-state index contributed by atoms with van der Waals surface area (Å²) in [6, 6.07) is 1.89. The van der Waals surface area contributed by atoms with Crippen molar-refractivity contribution in [2.24, 2.45) is 0 Å². The Labute approximate surface area is 114 Å². The molecule has 0 aliphatic carbocycles. The number of carboxylic acid groups (broad SMARTS) is 1. The van der Waals surface area contributed by atoms with E-state index < -0.39 is 40.5 Å². The molecule has 20 heavy (non-hydrogen) atoms. The molecule has 2 rings (SSSR count). The SMILES string of the molecule is O=C(O)c1c[nH]c2c(Cl)ccc(C(F)(F)CF)c2c1=O. The van der Waals surface area contributed by atoms with E-state index >= 15 is 0 Å². The molecule has 4 nitrogen and oxygen atoms in total. The highest BCUT2D eigenvalue weighted by Crippen LogP contribution is 2.34. The molecule has 0 unspecified atom stereocenters. The number of carbonyl (C=O) groups is 1. The van der Waals surface area contributed by atoms with Crippen molar-refractivity contribution in [1.82, 2.24) is 4.98 Å². The van der Waals surface area contributed by atoms with Gasteiger partial charge in [-0.2, -0.15) is 8.78 Å². The maximum Gasteiger partial charge on any atom is 0.341 e. The van der Waals surface area contributed by atoms with E-state index in [9.17, 15) is 22.8 Å². The molecule has 1 aromatic carbocycles. The van der Waals surface area contributed by atoms with E-state index in [0.29, 0.717) is 0 Å². The van der Waals surface area contributed by atoms with Crippen molar-refractivity contribution in [3.05, 3.63) is 44.7 Å². The Morgan fingerprint density at radius 1 is 1.40 bits per heavy atom. The van der Waals surface area contributed by atoms with Crippen LogP contribution < -0.4 is 5.43 Å². The third-order valence-electron chi connectivity index (χ3n) is 2.78. The lowest BCUT2D eigenvalue weighted by atomic mass is 10.0. The lowest BCUT2D eigenvalue weighted by Gasteiger charge is -2.15. The van der Waals surface area contributed by atoms with Crippen molar-refractivity contribution in [3.8, 4) is 0 Å². The fourth-order valence-electron chi connectivity index (χ4n) is 1.83. The van der Waals surface area contributed by atoms with Gasteiger partial charge in [0.1, 0.15) is 5.56 Å². The van der Waals surface area contributed by atoms with E-state index in [-0.39, 0.29) is 10.5 Å². The number of hydrogen-bond acceptors (Lipinski definition) is 2. The van der Waals surface area contributed by atoms with Gasteiger partial charge in [0.05, 0.1) is 15.9 Å². The van der Waals surface area contributed by atoms with Crippen LogP contribution in [0.2, 0.25) is 5.02 Å². The number of carboxylic acids is 1. The summed E-state index contributed by atoms with van der Waals surface area (Å²) < 4.78 is 39.5. The first-order valence-corrected chi connectivity index (χ1v) is 5.69. The van der Waals surface area contributed by atoms with Crippen LogP contribution in [0.4, 0.5) is 13.2 Å². The standard InChI is InChI=1S/C12H7ClF3NO3/c13-7-2-1-6(12(15,16)4-14)8-9(7)17-3-5(10(8)18)11(19)20/h1-3H,4H2,(H,17,18)(H,19,20). The van der Waals surface area contributed by atoms with Crippen LogP contribution in [0.3, 0.4) is 0 Å². The highest BCUT2D eigenvalue weighted by Gasteiger charge is 2.35. The first-order valence-electron chi connectivity index (χ1n) is 5.31. The van der Waals surface area contributed by atoms with Crippen LogP contribution in [0, 0.1) is 0 Å². The number of benzene rings is 1. The summed E-state index contributed by atoms with van der Waals surface area (Å²) in [5.74, 6) is -5.49. The number of hydrogen-bond donors (Lipinski definition) is 2. The molecule has 2 aromatic rings. The molecule has 0 fully saturated rings. The number of halogens is 4. The van der Waals surface area contributed by atoms with Crippen LogP contribution in [-0.2, 0) is 5.92 Å². The maximum absolute atomic E-state index is 13.5. The highest BCUT2D eigenvalue weighted by atomic mass is 35.5. The molecule has 1 heterocycles. The van der Waals surface area contributed by atoms with E-state index in [2.05, 4.69) is 4.98 Å². The third kappa shape index (κ3) is 2.14. The number of pyridine rings is 1. The third-order valence-corrected chi connectivity index (χ3v) is 3.09. The van der Waals surface area contributed by atoms with Gasteiger partial charge in [0.25, 0.3) is 0 Å². The predicted molar refractivity (Wildman–Crippen MR) is 66.4 cm³/mol. The molecule has 0 bridgehead atoms. The summed E-state index contributed by atoms with van der Waals surface area (Å²) >= 11 is 5.77. The van der Waals surface area contributed by atoms with Crippen molar-refractivity contribution in [2.75, 3.05) is 6.67 Å². The average molecular weight is 306 g/mol. The zero-order valence-electron chi connectivity index (χ0n) is 9.71. The lowest BCUT2D eigenvalue weighted by molar-refractivity contribution is -0.0267. The minimum Gasteiger partial charge on any atom is -0.477 e. The fourth-order valence-corrected chi connectivity index (χ4v) is 2.05. The van der Waals surface area contributed by atoms with Crippen LogP contribution in [0.1, 0.15) is 15.9 Å². The van der Waals surface area contributed by atoms with Gasteiger partial charge in [-0.1, -0.05) is 17.7 Å². The molecule has 0 radical (unpaired) electrons. The number of aromatic nitrogens is 1. The Bertz CT molecular complexity index is 757. The Balaban J connectivity index is 2.98. The molecule has 0 amide bonds. The second-order valence-electron chi connectivity index (χ2n) is 4.02. The first-order chi connectivity index (χ1) is 9.29. The zero-order valence-corrected chi connectivity index (χ0v) is 10.5. The number of H-pyrrole nitrogens is 1. The fraction of sp³-hybridized carbons (Fsp3) is 0.167. The molecule has 1 aromatic heterocycles. The molecule has 0 aliphatic rings. The van der Waals surface area contributed by atoms with Gasteiger partial charge in [0.15, 0.2) is 6.67 Å². The molecule has 0 spiro atoms. The number of alkyl halides is 3. The van der Waals surface area contributed by atoms with Crippen LogP contribution in [0.5, 0.6) is 0 Å². The van der Waals surface area contributed by atoms with Crippen molar-refractivity contribution in [3.63, 3.8) is 0 Å². The van der Waals surface area contributed by atoms with Crippen molar-refractivity contribution >= 4 is 28.5 Å². The minimum atomic E-state index is -3.91. The molecular formula is C12H7ClF3NO3. The van der Waals surface area contributed by atoms with Gasteiger partial charge in [-0.25, -0.2) is 9.18 Å². The number of nitrogens with one attached hydrogen (secondary N) is 1. The predicted octanol–water partition coefficient (Wildman–Crippen LogP) is 2.94. The summed E-state index contributed by atoms with van der Waals surface area (Å²) in [6.07, 6.45) is 0.857. The number of rotatable bonds is 3. The van der Waals surface area contributed by atoms with Crippen molar-refractivity contribution < 1.29 is 23.1 Å². The summed E-state index contributed by atoms with van der Waals surface area (Å²) in [6.45, 7) is -2.01. The maximum atomic E-state index is 13.5. The topological polar surface area (TPSA) is 70.2 Å². The second-order valence-corrected chi connectivity index (χ2v) is 4.43. The molecule has 2 N–H and O–H groups in total. The van der Waals surface area contributed by atoms with Crippen LogP contribution >= 0.6 is 11.6 Å². The summed E-state index contributed by atoms with van der Waals surface area (Å²) in [7, 11) is 0. The first kappa shape index (κ1) is 14.4. The van der Waals surface area contributed by atoms with Gasteiger partial charge in [0.2, 0.25) is 5.43 Å². The highest BCUT2D eigenvalue weighted by molar-refractivity contribution is 6.35. The zero-order chi connectivity index (χ0) is 15.1. The summed E-state index contributed by atoms with van der Waals surface area (Å²) in [5.41, 5.74) is -2.93. The van der Waals surface area contributed by atoms with Crippen molar-refractivity contribution in [2.45, 2.75) is 5.92 Å². The quantitative estimate of drug-likeness (QED) is 0.916. The van der Waals surface area contributed by atoms with Crippen molar-refractivity contribution in [1.29, 1.82) is 0 Å². The minimum absolute atomic E-state index is 0.0487. The number of aromatic amines is 1. The smallest absolute Gasteiger partial charge is 0.341 e. The molecule has 0 atom stereocenters. The van der Waals surface area contributed by atoms with Crippen LogP contribution in [0.25, 0.3) is 10.9 Å². The summed E-state index contributed by atoms with van der Waals surface area (Å²) in [5, 5.41) is 8.16. The Morgan fingerprint density at radius 3 is 2.60 bits per heavy atom. The summed E-state index contributed by atoms with van der Waals surface area (Å²) in [4.78, 5) is 25.2. The Hall–Kier alpha value is -2.02. The van der Waals surface area contributed by atoms with Gasteiger partial charge >= 0.3 is 11.9 Å². The van der Waals surface area contributed by atoms with Crippen LogP contribution in [-0.4, -0.2) is 22.7 Å². The van der Waals surface area contributed by atoms with Gasteiger partial charge in [-0.05, 0) is 6.07 Å². The van der Waals surface area contributed by atoms with Gasteiger partial charge < -0.3 is 10.1 Å². The molecular weight excluding hydrogens is 299 g/mol. The second kappa shape index (κ2) is 4.82. The number of aromatic carboxylic acids is 1. The normalized spacial score (nSPS) is 11.8. The average Bonchev–Trinajstić information content (AvgIpc) is 2.39. The monoisotopic (exact) mass is 305 g/mol. The molecule has 8 heteroatoms. The van der Waals surface area contributed by atoms with E-state index in [1.54, 1.807) is 0 Å². The molecule has 0 aliphatic heterocycles. The van der Waals surface area contributed by atoms with Gasteiger partial charge in [-0.15, -0.1) is 0 Å². The van der Waals surface area contributed by atoms with Gasteiger partial charge in [-0.3, -0.25) is 4.79 Å².